The van der Waals surface area contributed by atoms with Crippen LogP contribution in [0.5, 0.6) is 0 Å². The Morgan fingerprint density at radius 1 is 1.20 bits per heavy atom. The molecule has 5 nitrogen and oxygen atoms in total. The lowest BCUT2D eigenvalue weighted by atomic mass is 10.0. The first kappa shape index (κ1) is 19.1. The third-order valence-electron chi connectivity index (χ3n) is 6.10. The predicted molar refractivity (Wildman–Crippen MR) is 122 cm³/mol. The number of benzene rings is 1. The summed E-state index contributed by atoms with van der Waals surface area (Å²) >= 11 is 5.99. The first-order chi connectivity index (χ1) is 14.6. The SMILES string of the molecule is CN=CC1CCN(c2ccc(N3CC4=C(CC(c5ccc(Cl)cc5)=C4)C3=O)cn2)C1. The molecule has 1 saturated heterocycles. The molecule has 0 radical (unpaired) electrons. The van der Waals surface area contributed by atoms with Gasteiger partial charge in [0.2, 0.25) is 0 Å². The molecule has 3 heterocycles. The van der Waals surface area contributed by atoms with E-state index in [1.54, 1.807) is 0 Å². The van der Waals surface area contributed by atoms with Gasteiger partial charge in [-0.15, -0.1) is 0 Å². The van der Waals surface area contributed by atoms with Gasteiger partial charge in [0, 0.05) is 49.3 Å². The van der Waals surface area contributed by atoms with Crippen molar-refractivity contribution in [1.82, 2.24) is 4.98 Å². The van der Waals surface area contributed by atoms with Crippen molar-refractivity contribution in [1.29, 1.82) is 0 Å². The molecular formula is C24H23ClN4O. The van der Waals surface area contributed by atoms with Gasteiger partial charge in [-0.05, 0) is 47.4 Å². The van der Waals surface area contributed by atoms with Crippen molar-refractivity contribution in [2.75, 3.05) is 36.5 Å². The number of rotatable bonds is 4. The number of aromatic nitrogens is 1. The van der Waals surface area contributed by atoms with Crippen LogP contribution in [0, 0.1) is 5.92 Å². The Hall–Kier alpha value is -2.92. The van der Waals surface area contributed by atoms with Crippen molar-refractivity contribution in [3.05, 3.63) is 70.4 Å². The Morgan fingerprint density at radius 3 is 2.73 bits per heavy atom. The van der Waals surface area contributed by atoms with Crippen molar-refractivity contribution in [3.8, 4) is 0 Å². The summed E-state index contributed by atoms with van der Waals surface area (Å²) < 4.78 is 0. The smallest absolute Gasteiger partial charge is 0.255 e. The second-order valence-electron chi connectivity index (χ2n) is 8.02. The summed E-state index contributed by atoms with van der Waals surface area (Å²) in [6.45, 7) is 2.53. The van der Waals surface area contributed by atoms with E-state index in [-0.39, 0.29) is 5.91 Å². The fourth-order valence-corrected chi connectivity index (χ4v) is 4.65. The molecule has 1 amide bonds. The average molecular weight is 419 g/mol. The molecule has 1 aliphatic carbocycles. The van der Waals surface area contributed by atoms with Crippen LogP contribution in [0.1, 0.15) is 18.4 Å². The lowest BCUT2D eigenvalue weighted by Crippen LogP contribution is -2.28. The van der Waals surface area contributed by atoms with Crippen LogP contribution in [-0.2, 0) is 4.79 Å². The van der Waals surface area contributed by atoms with Crippen LogP contribution in [0.15, 0.2) is 64.8 Å². The molecule has 1 fully saturated rings. The molecule has 6 heteroatoms. The fraction of sp³-hybridized carbons (Fsp3) is 0.292. The molecule has 0 bridgehead atoms. The van der Waals surface area contributed by atoms with E-state index in [1.807, 2.05) is 60.8 Å². The van der Waals surface area contributed by atoms with Gasteiger partial charge in [0.15, 0.2) is 0 Å². The number of nitrogens with zero attached hydrogens (tertiary/aromatic N) is 4. The highest BCUT2D eigenvalue weighted by molar-refractivity contribution is 6.30. The number of anilines is 2. The minimum atomic E-state index is 0.0835. The van der Waals surface area contributed by atoms with E-state index in [0.29, 0.717) is 18.9 Å². The van der Waals surface area contributed by atoms with Crippen molar-refractivity contribution in [3.63, 3.8) is 0 Å². The molecule has 1 unspecified atom stereocenters. The normalized spacial score (nSPS) is 21.2. The molecule has 152 valence electrons. The fourth-order valence-electron chi connectivity index (χ4n) is 4.52. The van der Waals surface area contributed by atoms with E-state index in [2.05, 4.69) is 21.0 Å². The molecule has 0 N–H and O–H groups in total. The highest BCUT2D eigenvalue weighted by atomic mass is 35.5. The molecule has 0 saturated carbocycles. The van der Waals surface area contributed by atoms with E-state index in [0.717, 1.165) is 52.7 Å². The van der Waals surface area contributed by atoms with Crippen molar-refractivity contribution < 1.29 is 4.79 Å². The Labute approximate surface area is 181 Å². The summed E-state index contributed by atoms with van der Waals surface area (Å²) in [6, 6.07) is 11.8. The lowest BCUT2D eigenvalue weighted by Gasteiger charge is -2.21. The van der Waals surface area contributed by atoms with Crippen LogP contribution in [-0.4, -0.2) is 43.8 Å². The third kappa shape index (κ3) is 3.43. The number of hydrogen-bond donors (Lipinski definition) is 0. The van der Waals surface area contributed by atoms with Gasteiger partial charge in [0.1, 0.15) is 5.82 Å². The monoisotopic (exact) mass is 418 g/mol. The summed E-state index contributed by atoms with van der Waals surface area (Å²) in [4.78, 5) is 25.9. The van der Waals surface area contributed by atoms with Gasteiger partial charge >= 0.3 is 0 Å². The number of hydrogen-bond acceptors (Lipinski definition) is 4. The van der Waals surface area contributed by atoms with Gasteiger partial charge in [0.25, 0.3) is 5.91 Å². The molecule has 2 aromatic rings. The third-order valence-corrected chi connectivity index (χ3v) is 6.35. The standard InChI is InChI=1S/C24H23ClN4O/c1-26-12-16-8-9-28(14-16)23-7-6-21(13-27-23)29-15-19-10-18(11-22(19)24(29)30)17-2-4-20(25)5-3-17/h2-7,10,12-13,16H,8-9,11,14-15H2,1H3. The Morgan fingerprint density at radius 2 is 2.03 bits per heavy atom. The van der Waals surface area contributed by atoms with Crippen molar-refractivity contribution in [2.24, 2.45) is 10.9 Å². The first-order valence-electron chi connectivity index (χ1n) is 10.3. The van der Waals surface area contributed by atoms with Gasteiger partial charge in [-0.25, -0.2) is 4.98 Å². The Bertz CT molecular complexity index is 1070. The molecule has 1 aromatic carbocycles. The van der Waals surface area contributed by atoms with Crippen molar-refractivity contribution >= 4 is 40.8 Å². The highest BCUT2D eigenvalue weighted by Gasteiger charge is 2.34. The largest absolute Gasteiger partial charge is 0.356 e. The van der Waals surface area contributed by atoms with Crippen LogP contribution in [0.2, 0.25) is 5.02 Å². The number of carbonyl (C=O) groups excluding carboxylic acids is 1. The van der Waals surface area contributed by atoms with Crippen LogP contribution >= 0.6 is 11.6 Å². The molecule has 1 atom stereocenters. The molecule has 2 aliphatic heterocycles. The number of allylic oxidation sites excluding steroid dienone is 1. The van der Waals surface area contributed by atoms with E-state index < -0.39 is 0 Å². The maximum absolute atomic E-state index is 13.0. The molecule has 1 aromatic heterocycles. The highest BCUT2D eigenvalue weighted by Crippen LogP contribution is 2.39. The minimum Gasteiger partial charge on any atom is -0.356 e. The molecule has 0 spiro atoms. The Kier molecular flexibility index (Phi) is 4.91. The van der Waals surface area contributed by atoms with E-state index in [4.69, 9.17) is 11.6 Å². The van der Waals surface area contributed by atoms with E-state index in [9.17, 15) is 4.79 Å². The van der Waals surface area contributed by atoms with Crippen LogP contribution in [0.25, 0.3) is 5.57 Å². The molecule has 30 heavy (non-hydrogen) atoms. The zero-order valence-corrected chi connectivity index (χ0v) is 17.6. The average Bonchev–Trinajstić information content (AvgIpc) is 3.46. The second-order valence-corrected chi connectivity index (χ2v) is 8.46. The number of carbonyl (C=O) groups is 1. The lowest BCUT2D eigenvalue weighted by molar-refractivity contribution is -0.114. The van der Waals surface area contributed by atoms with Crippen molar-refractivity contribution in [2.45, 2.75) is 12.8 Å². The maximum atomic E-state index is 13.0. The van der Waals surface area contributed by atoms with E-state index in [1.165, 1.54) is 5.57 Å². The summed E-state index contributed by atoms with van der Waals surface area (Å²) in [6.07, 6.45) is 7.77. The maximum Gasteiger partial charge on any atom is 0.255 e. The van der Waals surface area contributed by atoms with Crippen LogP contribution in [0.4, 0.5) is 11.5 Å². The molecule has 5 rings (SSSR count). The minimum absolute atomic E-state index is 0.0835. The van der Waals surface area contributed by atoms with Gasteiger partial charge in [-0.2, -0.15) is 0 Å². The predicted octanol–water partition coefficient (Wildman–Crippen LogP) is 4.39. The molecule has 3 aliphatic rings. The summed E-state index contributed by atoms with van der Waals surface area (Å²) in [5, 5.41) is 0.721. The summed E-state index contributed by atoms with van der Waals surface area (Å²) in [5.74, 6) is 1.54. The zero-order chi connectivity index (χ0) is 20.7. The Balaban J connectivity index is 1.28. The number of amides is 1. The topological polar surface area (TPSA) is 48.8 Å². The van der Waals surface area contributed by atoms with Crippen LogP contribution in [0.3, 0.4) is 0 Å². The number of pyridine rings is 1. The first-order valence-corrected chi connectivity index (χ1v) is 10.6. The van der Waals surface area contributed by atoms with Gasteiger partial charge in [-0.3, -0.25) is 4.79 Å². The second kappa shape index (κ2) is 7.73. The van der Waals surface area contributed by atoms with Gasteiger partial charge < -0.3 is 14.8 Å². The van der Waals surface area contributed by atoms with Gasteiger partial charge in [-0.1, -0.05) is 29.8 Å². The van der Waals surface area contributed by atoms with Crippen LogP contribution < -0.4 is 9.80 Å². The number of halogens is 1. The number of aliphatic imine (C=N–C) groups is 1. The zero-order valence-electron chi connectivity index (χ0n) is 16.9. The van der Waals surface area contributed by atoms with Gasteiger partial charge in [0.05, 0.1) is 18.4 Å². The quantitative estimate of drug-likeness (QED) is 0.692. The summed E-state index contributed by atoms with van der Waals surface area (Å²) in [7, 11) is 1.82. The molecular weight excluding hydrogens is 396 g/mol. The van der Waals surface area contributed by atoms with E-state index >= 15 is 0 Å². The summed E-state index contributed by atoms with van der Waals surface area (Å²) in [5.41, 5.74) is 5.15.